The van der Waals surface area contributed by atoms with Crippen molar-refractivity contribution in [2.75, 3.05) is 10.2 Å². The van der Waals surface area contributed by atoms with Gasteiger partial charge in [0.15, 0.2) is 18.8 Å². The van der Waals surface area contributed by atoms with Crippen LogP contribution in [0.2, 0.25) is 0 Å². The molecule has 0 bridgehead atoms. The second kappa shape index (κ2) is 8.82. The zero-order valence-corrected chi connectivity index (χ0v) is 22.8. The number of nitrogens with one attached hydrogen (secondary N) is 1. The Bertz CT molecular complexity index is 2020. The zero-order chi connectivity index (χ0) is 26.9. The number of fused-ring (bicyclic) bond motifs is 6. The van der Waals surface area contributed by atoms with Gasteiger partial charge >= 0.3 is 0 Å². The first-order valence-electron chi connectivity index (χ1n) is 13.8. The molecule has 3 nitrogen and oxygen atoms in total. The minimum Gasteiger partial charge on any atom is -0.453 e. The molecule has 0 aliphatic carbocycles. The van der Waals surface area contributed by atoms with Crippen molar-refractivity contribution in [2.24, 2.45) is 0 Å². The minimum atomic E-state index is 0.864. The van der Waals surface area contributed by atoms with Crippen molar-refractivity contribution >= 4 is 58.4 Å². The molecule has 0 saturated heterocycles. The fourth-order valence-corrected chi connectivity index (χ4v) is 7.25. The normalized spacial score (nSPS) is 13.3. The summed E-state index contributed by atoms with van der Waals surface area (Å²) in [6, 6.07) is 45.2. The first kappa shape index (κ1) is 22.9. The molecule has 0 aromatic heterocycles. The zero-order valence-electron chi connectivity index (χ0n) is 22.0. The lowest BCUT2D eigenvalue weighted by Crippen LogP contribution is -2.42. The topological polar surface area (TPSA) is 24.5 Å². The van der Waals surface area contributed by atoms with Crippen LogP contribution < -0.4 is 25.9 Å². The Morgan fingerprint density at radius 3 is 2.34 bits per heavy atom. The van der Waals surface area contributed by atoms with Crippen molar-refractivity contribution in [2.45, 2.75) is 9.79 Å². The van der Waals surface area contributed by atoms with E-state index in [9.17, 15) is 0 Å². The molecular formula is C36H22BN2OS. The SMILES string of the molecule is [B]1c2cccc3c2N(c2ccccc2O3)c2cc(-c3ccccc3)cc(-c3cccc4c3Nc3ccccc3S4)c21. The van der Waals surface area contributed by atoms with E-state index in [0.29, 0.717) is 0 Å². The van der Waals surface area contributed by atoms with E-state index in [2.05, 4.69) is 139 Å². The highest BCUT2D eigenvalue weighted by Crippen LogP contribution is 2.52. The molecule has 3 aliphatic rings. The van der Waals surface area contributed by atoms with Gasteiger partial charge in [-0.1, -0.05) is 96.1 Å². The van der Waals surface area contributed by atoms with Crippen molar-refractivity contribution in [1.29, 1.82) is 0 Å². The van der Waals surface area contributed by atoms with Crippen molar-refractivity contribution in [3.8, 4) is 33.8 Å². The summed E-state index contributed by atoms with van der Waals surface area (Å²) < 4.78 is 6.40. The van der Waals surface area contributed by atoms with E-state index in [4.69, 9.17) is 4.74 Å². The summed E-state index contributed by atoms with van der Waals surface area (Å²) in [7, 11) is 2.33. The monoisotopic (exact) mass is 541 g/mol. The van der Waals surface area contributed by atoms with E-state index in [0.717, 1.165) is 45.4 Å². The van der Waals surface area contributed by atoms with Gasteiger partial charge in [-0.25, -0.2) is 0 Å². The molecule has 0 saturated carbocycles. The molecule has 6 aromatic rings. The molecule has 1 radical (unpaired) electrons. The van der Waals surface area contributed by atoms with Crippen LogP contribution in [0, 0.1) is 0 Å². The maximum Gasteiger partial charge on any atom is 0.198 e. The van der Waals surface area contributed by atoms with E-state index in [1.165, 1.54) is 37.5 Å². The van der Waals surface area contributed by atoms with Gasteiger partial charge in [-0.2, -0.15) is 0 Å². The smallest absolute Gasteiger partial charge is 0.198 e. The number of para-hydroxylation sites is 5. The van der Waals surface area contributed by atoms with Gasteiger partial charge in [0.25, 0.3) is 0 Å². The van der Waals surface area contributed by atoms with Crippen LogP contribution in [0.4, 0.5) is 28.4 Å². The summed E-state index contributed by atoms with van der Waals surface area (Å²) in [4.78, 5) is 4.87. The predicted molar refractivity (Wildman–Crippen MR) is 171 cm³/mol. The second-order valence-electron chi connectivity index (χ2n) is 10.5. The Labute approximate surface area is 243 Å². The molecule has 6 aromatic carbocycles. The van der Waals surface area contributed by atoms with Crippen molar-refractivity contribution < 1.29 is 4.74 Å². The Kier molecular flexibility index (Phi) is 4.93. The van der Waals surface area contributed by atoms with Crippen molar-refractivity contribution in [1.82, 2.24) is 0 Å². The maximum absolute atomic E-state index is 6.40. The highest BCUT2D eigenvalue weighted by Gasteiger charge is 2.35. The molecule has 1 N–H and O–H groups in total. The Hall–Kier alpha value is -4.87. The van der Waals surface area contributed by atoms with Gasteiger partial charge in [0.05, 0.1) is 22.7 Å². The molecule has 3 aliphatic heterocycles. The standard InChI is InChI=1S/C36H22BN2OS/c1-2-10-22(11-3-1)23-20-25(24-12-8-19-33-35(24)38-27-14-4-7-18-32(27)41-33)34-29(21-23)39-28-15-5-6-16-30(28)40-31-17-9-13-26(37-34)36(31)39/h1-21,38H. The van der Waals surface area contributed by atoms with Crippen LogP contribution in [0.5, 0.6) is 11.5 Å². The van der Waals surface area contributed by atoms with Gasteiger partial charge < -0.3 is 15.0 Å². The lowest BCUT2D eigenvalue weighted by molar-refractivity contribution is 0.477. The summed E-state index contributed by atoms with van der Waals surface area (Å²) in [5, 5.41) is 3.79. The van der Waals surface area contributed by atoms with Gasteiger partial charge in [-0.05, 0) is 70.7 Å². The molecule has 0 spiro atoms. The lowest BCUT2D eigenvalue weighted by atomic mass is 9.57. The molecule has 41 heavy (non-hydrogen) atoms. The first-order chi connectivity index (χ1) is 20.3. The van der Waals surface area contributed by atoms with Crippen LogP contribution in [-0.4, -0.2) is 7.28 Å². The van der Waals surface area contributed by atoms with Crippen LogP contribution >= 0.6 is 11.8 Å². The molecule has 0 amide bonds. The number of anilines is 5. The van der Waals surface area contributed by atoms with E-state index in [1.54, 1.807) is 0 Å². The molecule has 9 rings (SSSR count). The van der Waals surface area contributed by atoms with E-state index in [1.807, 2.05) is 17.8 Å². The molecular weight excluding hydrogens is 519 g/mol. The molecule has 0 fully saturated rings. The first-order valence-corrected chi connectivity index (χ1v) is 14.6. The highest BCUT2D eigenvalue weighted by atomic mass is 32.2. The van der Waals surface area contributed by atoms with Gasteiger partial charge in [0.2, 0.25) is 0 Å². The summed E-state index contributed by atoms with van der Waals surface area (Å²) in [6.45, 7) is 0. The number of rotatable bonds is 2. The molecule has 5 heteroatoms. The van der Waals surface area contributed by atoms with Gasteiger partial charge in [0.1, 0.15) is 0 Å². The second-order valence-corrected chi connectivity index (χ2v) is 11.6. The van der Waals surface area contributed by atoms with Gasteiger partial charge in [0, 0.05) is 21.0 Å². The quantitative estimate of drug-likeness (QED) is 0.221. The number of hydrogen-bond acceptors (Lipinski definition) is 4. The van der Waals surface area contributed by atoms with E-state index in [-0.39, 0.29) is 0 Å². The number of hydrogen-bond donors (Lipinski definition) is 1. The summed E-state index contributed by atoms with van der Waals surface area (Å²) in [5.41, 5.74) is 12.7. The Balaban J connectivity index is 1.33. The third kappa shape index (κ3) is 3.49. The molecule has 191 valence electrons. The van der Waals surface area contributed by atoms with Crippen LogP contribution in [0.15, 0.2) is 137 Å². The van der Waals surface area contributed by atoms with Crippen molar-refractivity contribution in [3.05, 3.63) is 127 Å². The van der Waals surface area contributed by atoms with Crippen LogP contribution in [0.3, 0.4) is 0 Å². The van der Waals surface area contributed by atoms with Crippen molar-refractivity contribution in [3.63, 3.8) is 0 Å². The lowest BCUT2D eigenvalue weighted by Gasteiger charge is -2.39. The largest absolute Gasteiger partial charge is 0.453 e. The fraction of sp³-hybridized carbons (Fsp3) is 0. The highest BCUT2D eigenvalue weighted by molar-refractivity contribution is 7.99. The summed E-state index contributed by atoms with van der Waals surface area (Å²) >= 11 is 1.83. The number of ether oxygens (including phenoxy) is 1. The average Bonchev–Trinajstić information content (AvgIpc) is 3.03. The Morgan fingerprint density at radius 2 is 1.39 bits per heavy atom. The fourth-order valence-electron chi connectivity index (χ4n) is 6.23. The van der Waals surface area contributed by atoms with Gasteiger partial charge in [-0.15, -0.1) is 0 Å². The predicted octanol–water partition coefficient (Wildman–Crippen LogP) is 8.77. The third-order valence-corrected chi connectivity index (χ3v) is 9.21. The molecule has 0 unspecified atom stereocenters. The van der Waals surface area contributed by atoms with Crippen LogP contribution in [0.25, 0.3) is 22.3 Å². The van der Waals surface area contributed by atoms with Crippen LogP contribution in [-0.2, 0) is 0 Å². The minimum absolute atomic E-state index is 0.864. The van der Waals surface area contributed by atoms with Gasteiger partial charge in [-0.3, -0.25) is 0 Å². The molecule has 0 atom stereocenters. The maximum atomic E-state index is 6.40. The number of benzene rings is 6. The third-order valence-electron chi connectivity index (χ3n) is 8.07. The van der Waals surface area contributed by atoms with E-state index >= 15 is 0 Å². The Morgan fingerprint density at radius 1 is 0.610 bits per heavy atom. The summed E-state index contributed by atoms with van der Waals surface area (Å²) in [5.74, 6) is 1.74. The number of nitrogens with zero attached hydrogens (tertiary/aromatic N) is 1. The van der Waals surface area contributed by atoms with Crippen LogP contribution in [0.1, 0.15) is 0 Å². The summed E-state index contributed by atoms with van der Waals surface area (Å²) in [6.07, 6.45) is 0. The molecule has 3 heterocycles. The average molecular weight is 541 g/mol. The van der Waals surface area contributed by atoms with E-state index < -0.39 is 0 Å².